The van der Waals surface area contributed by atoms with Crippen molar-refractivity contribution in [3.05, 3.63) is 62.2 Å². The first-order valence-electron chi connectivity index (χ1n) is 9.08. The van der Waals surface area contributed by atoms with Crippen LogP contribution in [0, 0.1) is 21.7 Å². The van der Waals surface area contributed by atoms with E-state index in [9.17, 15) is 38.7 Å². The molecule has 8 nitrogen and oxygen atoms in total. The van der Waals surface area contributed by atoms with Gasteiger partial charge in [0.1, 0.15) is 17.4 Å². The standard InChI is InChI=1S/C20H19F2NO7/c1-3-5-10-7-13(21)12(9-15(10)24)20(27)30-18-11(6-4-2)8-14(22)16(19(25)26)17(18)23(28)29/h7-9,24H,3-6H2,1-2H3,(H,25,26). The molecule has 0 aromatic heterocycles. The fourth-order valence-electron chi connectivity index (χ4n) is 2.99. The third kappa shape index (κ3) is 4.53. The predicted molar refractivity (Wildman–Crippen MR) is 101 cm³/mol. The molecule has 0 atom stereocenters. The third-order valence-electron chi connectivity index (χ3n) is 4.30. The Morgan fingerprint density at radius 3 is 2.17 bits per heavy atom. The van der Waals surface area contributed by atoms with Crippen LogP contribution in [0.25, 0.3) is 0 Å². The molecule has 0 saturated carbocycles. The number of phenols is 1. The highest BCUT2D eigenvalue weighted by molar-refractivity contribution is 5.97. The van der Waals surface area contributed by atoms with Crippen LogP contribution in [-0.4, -0.2) is 27.1 Å². The maximum atomic E-state index is 14.4. The zero-order chi connectivity index (χ0) is 22.6. The van der Waals surface area contributed by atoms with Crippen molar-refractivity contribution in [1.82, 2.24) is 0 Å². The Morgan fingerprint density at radius 1 is 1.07 bits per heavy atom. The largest absolute Gasteiger partial charge is 0.508 e. The quantitative estimate of drug-likeness (QED) is 0.279. The molecule has 0 saturated heterocycles. The number of nitro benzene ring substituents is 1. The summed E-state index contributed by atoms with van der Waals surface area (Å²) in [5.74, 6) is -6.84. The maximum Gasteiger partial charge on any atom is 0.346 e. The number of carbonyl (C=O) groups excluding carboxylic acids is 1. The second-order valence-corrected chi connectivity index (χ2v) is 6.48. The van der Waals surface area contributed by atoms with Crippen molar-refractivity contribution >= 4 is 17.6 Å². The van der Waals surface area contributed by atoms with Gasteiger partial charge in [0.05, 0.1) is 10.5 Å². The van der Waals surface area contributed by atoms with E-state index in [2.05, 4.69) is 0 Å². The van der Waals surface area contributed by atoms with E-state index in [1.54, 1.807) is 6.92 Å². The number of nitrogens with zero attached hydrogens (tertiary/aromatic N) is 1. The van der Waals surface area contributed by atoms with Crippen molar-refractivity contribution in [2.75, 3.05) is 0 Å². The van der Waals surface area contributed by atoms with Crippen LogP contribution in [0.5, 0.6) is 11.5 Å². The lowest BCUT2D eigenvalue weighted by Gasteiger charge is -2.13. The Morgan fingerprint density at radius 2 is 1.63 bits per heavy atom. The molecule has 0 heterocycles. The number of carbonyl (C=O) groups is 2. The minimum absolute atomic E-state index is 0.0312. The van der Waals surface area contributed by atoms with Crippen LogP contribution in [0.2, 0.25) is 0 Å². The number of ether oxygens (including phenoxy) is 1. The lowest BCUT2D eigenvalue weighted by molar-refractivity contribution is -0.386. The topological polar surface area (TPSA) is 127 Å². The number of hydrogen-bond donors (Lipinski definition) is 2. The zero-order valence-corrected chi connectivity index (χ0v) is 16.2. The van der Waals surface area contributed by atoms with Crippen LogP contribution in [0.1, 0.15) is 58.5 Å². The Balaban J connectivity index is 2.62. The SMILES string of the molecule is CCCc1cc(F)c(C(=O)Oc2c(CCC)cc(F)c(C(=O)O)c2[N+](=O)[O-])cc1O. The van der Waals surface area contributed by atoms with Gasteiger partial charge in [-0.2, -0.15) is 0 Å². The first-order valence-corrected chi connectivity index (χ1v) is 9.08. The Bertz CT molecular complexity index is 1020. The summed E-state index contributed by atoms with van der Waals surface area (Å²) in [4.78, 5) is 34.2. The van der Waals surface area contributed by atoms with Crippen LogP contribution < -0.4 is 4.74 Å². The molecule has 160 valence electrons. The van der Waals surface area contributed by atoms with Gasteiger partial charge in [-0.3, -0.25) is 10.1 Å². The van der Waals surface area contributed by atoms with Crippen molar-refractivity contribution < 1.29 is 38.2 Å². The van der Waals surface area contributed by atoms with E-state index in [1.807, 2.05) is 6.92 Å². The summed E-state index contributed by atoms with van der Waals surface area (Å²) in [6, 6.07) is 2.51. The molecule has 2 N–H and O–H groups in total. The number of benzene rings is 2. The van der Waals surface area contributed by atoms with Gasteiger partial charge in [0.2, 0.25) is 5.75 Å². The van der Waals surface area contributed by atoms with Gasteiger partial charge in [-0.15, -0.1) is 0 Å². The van der Waals surface area contributed by atoms with E-state index in [0.717, 1.165) is 18.2 Å². The smallest absolute Gasteiger partial charge is 0.346 e. The minimum Gasteiger partial charge on any atom is -0.508 e. The molecule has 2 aromatic rings. The highest BCUT2D eigenvalue weighted by Crippen LogP contribution is 2.38. The van der Waals surface area contributed by atoms with Gasteiger partial charge in [0.25, 0.3) is 0 Å². The van der Waals surface area contributed by atoms with Crippen molar-refractivity contribution in [3.8, 4) is 11.5 Å². The van der Waals surface area contributed by atoms with Crippen molar-refractivity contribution in [3.63, 3.8) is 0 Å². The second-order valence-electron chi connectivity index (χ2n) is 6.48. The van der Waals surface area contributed by atoms with Gasteiger partial charge < -0.3 is 14.9 Å². The fourth-order valence-corrected chi connectivity index (χ4v) is 2.99. The average Bonchev–Trinajstić information content (AvgIpc) is 2.65. The van der Waals surface area contributed by atoms with E-state index in [1.165, 1.54) is 0 Å². The number of carboxylic acids is 1. The predicted octanol–water partition coefficient (Wildman–Crippen LogP) is 4.40. The average molecular weight is 423 g/mol. The number of aryl methyl sites for hydroxylation is 2. The van der Waals surface area contributed by atoms with Crippen LogP contribution >= 0.6 is 0 Å². The van der Waals surface area contributed by atoms with Gasteiger partial charge in [-0.25, -0.2) is 18.4 Å². The molecule has 0 aliphatic heterocycles. The summed E-state index contributed by atoms with van der Waals surface area (Å²) in [6.45, 7) is 3.48. The number of hydrogen-bond acceptors (Lipinski definition) is 6. The highest BCUT2D eigenvalue weighted by atomic mass is 19.1. The molecule has 0 aliphatic rings. The van der Waals surface area contributed by atoms with Gasteiger partial charge >= 0.3 is 17.6 Å². The van der Waals surface area contributed by atoms with Gasteiger partial charge in [-0.1, -0.05) is 26.7 Å². The lowest BCUT2D eigenvalue weighted by atomic mass is 10.0. The van der Waals surface area contributed by atoms with Crippen molar-refractivity contribution in [2.45, 2.75) is 39.5 Å². The number of nitro groups is 1. The number of carboxylic acid groups (broad SMARTS) is 1. The molecule has 30 heavy (non-hydrogen) atoms. The Hall–Kier alpha value is -3.56. The van der Waals surface area contributed by atoms with Crippen LogP contribution in [0.4, 0.5) is 14.5 Å². The van der Waals surface area contributed by atoms with E-state index in [-0.39, 0.29) is 23.3 Å². The van der Waals surface area contributed by atoms with Crippen molar-refractivity contribution in [2.24, 2.45) is 0 Å². The maximum absolute atomic E-state index is 14.4. The first kappa shape index (κ1) is 22.7. The molecule has 2 aromatic carbocycles. The summed E-state index contributed by atoms with van der Waals surface area (Å²) in [5.41, 5.74) is -3.08. The van der Waals surface area contributed by atoms with Gasteiger partial charge in [0.15, 0.2) is 5.56 Å². The number of halogens is 2. The minimum atomic E-state index is -1.92. The van der Waals surface area contributed by atoms with Crippen molar-refractivity contribution in [1.29, 1.82) is 0 Å². The summed E-state index contributed by atoms with van der Waals surface area (Å²) < 4.78 is 33.6. The molecule has 0 spiro atoms. The molecular weight excluding hydrogens is 404 g/mol. The monoisotopic (exact) mass is 423 g/mol. The van der Waals surface area contributed by atoms with Gasteiger partial charge in [0, 0.05) is 5.56 Å². The van der Waals surface area contributed by atoms with E-state index >= 15 is 0 Å². The zero-order valence-electron chi connectivity index (χ0n) is 16.2. The molecule has 2 rings (SSSR count). The van der Waals surface area contributed by atoms with E-state index < -0.39 is 51.1 Å². The fraction of sp³-hybridized carbons (Fsp3) is 0.300. The molecule has 10 heteroatoms. The van der Waals surface area contributed by atoms with E-state index in [0.29, 0.717) is 19.3 Å². The van der Waals surface area contributed by atoms with Crippen LogP contribution in [0.3, 0.4) is 0 Å². The van der Waals surface area contributed by atoms with Gasteiger partial charge in [-0.05, 0) is 36.6 Å². The highest BCUT2D eigenvalue weighted by Gasteiger charge is 2.34. The number of esters is 1. The number of aromatic carboxylic acids is 1. The molecule has 0 bridgehead atoms. The Kier molecular flexibility index (Phi) is 7.04. The summed E-state index contributed by atoms with van der Waals surface area (Å²) in [7, 11) is 0. The third-order valence-corrected chi connectivity index (χ3v) is 4.30. The molecule has 0 radical (unpaired) electrons. The number of rotatable bonds is 8. The van der Waals surface area contributed by atoms with Crippen LogP contribution in [-0.2, 0) is 12.8 Å². The number of phenolic OH excluding ortho intramolecular Hbond substituents is 1. The summed E-state index contributed by atoms with van der Waals surface area (Å²) in [6.07, 6.45) is 1.36. The molecule has 0 aliphatic carbocycles. The molecule has 0 unspecified atom stereocenters. The summed E-state index contributed by atoms with van der Waals surface area (Å²) in [5, 5.41) is 30.6. The Labute approximate surface area is 169 Å². The first-order chi connectivity index (χ1) is 14.1. The van der Waals surface area contributed by atoms with E-state index in [4.69, 9.17) is 4.74 Å². The second kappa shape index (κ2) is 9.29. The molecular formula is C20H19F2NO7. The van der Waals surface area contributed by atoms with Crippen LogP contribution in [0.15, 0.2) is 18.2 Å². The number of aromatic hydroxyl groups is 1. The normalized spacial score (nSPS) is 10.7. The lowest BCUT2D eigenvalue weighted by Crippen LogP contribution is -2.16. The molecule has 0 fully saturated rings. The summed E-state index contributed by atoms with van der Waals surface area (Å²) >= 11 is 0. The molecule has 0 amide bonds.